The first-order valence-electron chi connectivity index (χ1n) is 7.88. The minimum absolute atomic E-state index is 0.0341. The lowest BCUT2D eigenvalue weighted by Crippen LogP contribution is -2.22. The largest absolute Gasteiger partial charge is 0.497 e. The number of rotatable bonds is 7. The summed E-state index contributed by atoms with van der Waals surface area (Å²) in [5.41, 5.74) is 0.515. The molecule has 146 valence electrons. The first-order valence-corrected chi connectivity index (χ1v) is 9.32. The van der Waals surface area contributed by atoms with Gasteiger partial charge in [0.15, 0.2) is 0 Å². The fourth-order valence-electron chi connectivity index (χ4n) is 2.29. The van der Waals surface area contributed by atoms with Gasteiger partial charge >= 0.3 is 0 Å². The lowest BCUT2D eigenvalue weighted by molar-refractivity contribution is 0.102. The second-order valence-corrected chi connectivity index (χ2v) is 7.86. The van der Waals surface area contributed by atoms with E-state index in [2.05, 4.69) is 5.32 Å². The molecule has 8 nitrogen and oxygen atoms in total. The topological polar surface area (TPSA) is 94.2 Å². The van der Waals surface area contributed by atoms with Gasteiger partial charge in [-0.3, -0.25) is 4.79 Å². The van der Waals surface area contributed by atoms with Gasteiger partial charge in [0.25, 0.3) is 5.91 Å². The number of methoxy groups -OCH3 is 3. The van der Waals surface area contributed by atoms with E-state index in [1.54, 1.807) is 18.2 Å². The fraction of sp³-hybridized carbons (Fsp3) is 0.278. The van der Waals surface area contributed by atoms with Gasteiger partial charge in [0.2, 0.25) is 10.0 Å². The lowest BCUT2D eigenvalue weighted by atomic mass is 10.1. The van der Waals surface area contributed by atoms with Gasteiger partial charge in [-0.2, -0.15) is 0 Å². The molecule has 0 aromatic heterocycles. The number of hydrogen-bond donors (Lipinski definition) is 1. The zero-order valence-corrected chi connectivity index (χ0v) is 16.6. The molecule has 1 N–H and O–H groups in total. The number of nitrogens with one attached hydrogen (secondary N) is 1. The number of nitrogens with zero attached hydrogens (tertiary/aromatic N) is 1. The van der Waals surface area contributed by atoms with Crippen LogP contribution in [0.25, 0.3) is 0 Å². The maximum atomic E-state index is 12.7. The van der Waals surface area contributed by atoms with Crippen molar-refractivity contribution in [1.82, 2.24) is 4.31 Å². The molecule has 0 saturated carbocycles. The Morgan fingerprint density at radius 1 is 0.926 bits per heavy atom. The predicted octanol–water partition coefficient (Wildman–Crippen LogP) is 2.21. The first-order chi connectivity index (χ1) is 12.7. The molecule has 0 unspecified atom stereocenters. The van der Waals surface area contributed by atoms with E-state index in [0.717, 1.165) is 4.31 Å². The van der Waals surface area contributed by atoms with Gasteiger partial charge in [0.05, 0.1) is 31.9 Å². The van der Waals surface area contributed by atoms with Crippen molar-refractivity contribution in [2.24, 2.45) is 0 Å². The van der Waals surface area contributed by atoms with Gasteiger partial charge in [-0.15, -0.1) is 0 Å². The molecule has 2 aromatic carbocycles. The van der Waals surface area contributed by atoms with E-state index < -0.39 is 15.9 Å². The molecule has 0 bridgehead atoms. The van der Waals surface area contributed by atoms with Crippen LogP contribution < -0.4 is 19.5 Å². The van der Waals surface area contributed by atoms with E-state index in [-0.39, 0.29) is 16.1 Å². The molecule has 9 heteroatoms. The molecule has 0 spiro atoms. The van der Waals surface area contributed by atoms with Crippen LogP contribution in [0.1, 0.15) is 10.4 Å². The number of hydrogen-bond acceptors (Lipinski definition) is 6. The van der Waals surface area contributed by atoms with Crippen molar-refractivity contribution in [1.29, 1.82) is 0 Å². The van der Waals surface area contributed by atoms with Gasteiger partial charge < -0.3 is 19.5 Å². The average Bonchev–Trinajstić information content (AvgIpc) is 2.67. The normalized spacial score (nSPS) is 11.2. The maximum Gasteiger partial charge on any atom is 0.256 e. The number of carbonyl (C=O) groups is 1. The minimum Gasteiger partial charge on any atom is -0.497 e. The van der Waals surface area contributed by atoms with Crippen LogP contribution in [0.5, 0.6) is 17.2 Å². The summed E-state index contributed by atoms with van der Waals surface area (Å²) in [5, 5.41) is 2.67. The molecule has 0 radical (unpaired) electrons. The highest BCUT2D eigenvalue weighted by atomic mass is 32.2. The summed E-state index contributed by atoms with van der Waals surface area (Å²) in [7, 11) is 3.59. The van der Waals surface area contributed by atoms with Crippen LogP contribution in [0.3, 0.4) is 0 Å². The number of amides is 1. The standard InChI is InChI=1S/C18H22N2O6S/c1-20(2)27(22,23)15-6-7-17(26-5)16(11-15)19-18(21)12-8-13(24-3)10-14(9-12)25-4/h6-11H,1-5H3,(H,19,21). The van der Waals surface area contributed by atoms with E-state index in [4.69, 9.17) is 14.2 Å². The highest BCUT2D eigenvalue weighted by Gasteiger charge is 2.20. The summed E-state index contributed by atoms with van der Waals surface area (Å²) in [6, 6.07) is 8.98. The molecule has 2 rings (SSSR count). The first kappa shape index (κ1) is 20.5. The Bertz CT molecular complexity index is 919. The molecular formula is C18H22N2O6S. The van der Waals surface area contributed by atoms with Gasteiger partial charge in [0.1, 0.15) is 17.2 Å². The third-order valence-corrected chi connectivity index (χ3v) is 5.62. The molecule has 1 amide bonds. The fourth-order valence-corrected chi connectivity index (χ4v) is 3.22. The van der Waals surface area contributed by atoms with Crippen LogP contribution in [-0.4, -0.2) is 54.1 Å². The highest BCUT2D eigenvalue weighted by molar-refractivity contribution is 7.89. The summed E-state index contributed by atoms with van der Waals surface area (Å²) in [6.45, 7) is 0. The maximum absolute atomic E-state index is 12.7. The van der Waals surface area contributed by atoms with Gasteiger partial charge in [0, 0.05) is 25.7 Å². The zero-order valence-electron chi connectivity index (χ0n) is 15.8. The number of carbonyl (C=O) groups excluding carboxylic acids is 1. The van der Waals surface area contributed by atoms with Crippen molar-refractivity contribution in [3.8, 4) is 17.2 Å². The van der Waals surface area contributed by atoms with Crippen molar-refractivity contribution < 1.29 is 27.4 Å². The number of benzene rings is 2. The van der Waals surface area contributed by atoms with Crippen LogP contribution in [-0.2, 0) is 10.0 Å². The Kier molecular flexibility index (Phi) is 6.29. The summed E-state index contributed by atoms with van der Waals surface area (Å²) >= 11 is 0. The molecule has 0 saturated heterocycles. The van der Waals surface area contributed by atoms with Crippen LogP contribution in [0.15, 0.2) is 41.3 Å². The van der Waals surface area contributed by atoms with Crippen molar-refractivity contribution in [2.75, 3.05) is 40.7 Å². The van der Waals surface area contributed by atoms with E-state index >= 15 is 0 Å². The van der Waals surface area contributed by atoms with E-state index in [1.807, 2.05) is 0 Å². The van der Waals surface area contributed by atoms with E-state index in [1.165, 1.54) is 53.6 Å². The van der Waals surface area contributed by atoms with E-state index in [9.17, 15) is 13.2 Å². The Hall–Kier alpha value is -2.78. The molecule has 0 heterocycles. The second kappa shape index (κ2) is 8.28. The Labute approximate surface area is 158 Å². The van der Waals surface area contributed by atoms with Gasteiger partial charge in [-0.05, 0) is 30.3 Å². The highest BCUT2D eigenvalue weighted by Crippen LogP contribution is 2.30. The van der Waals surface area contributed by atoms with Crippen LogP contribution in [0, 0.1) is 0 Å². The van der Waals surface area contributed by atoms with Crippen molar-refractivity contribution >= 4 is 21.6 Å². The van der Waals surface area contributed by atoms with Crippen LogP contribution in [0.4, 0.5) is 5.69 Å². The average molecular weight is 394 g/mol. The van der Waals surface area contributed by atoms with Gasteiger partial charge in [-0.1, -0.05) is 0 Å². The molecule has 27 heavy (non-hydrogen) atoms. The Morgan fingerprint density at radius 3 is 2.00 bits per heavy atom. The van der Waals surface area contributed by atoms with E-state index in [0.29, 0.717) is 17.2 Å². The Balaban J connectivity index is 2.43. The summed E-state index contributed by atoms with van der Waals surface area (Å²) in [4.78, 5) is 12.7. The van der Waals surface area contributed by atoms with Crippen molar-refractivity contribution in [3.05, 3.63) is 42.0 Å². The van der Waals surface area contributed by atoms with Crippen molar-refractivity contribution in [3.63, 3.8) is 0 Å². The number of ether oxygens (including phenoxy) is 3. The molecule has 0 aliphatic carbocycles. The summed E-state index contributed by atoms with van der Waals surface area (Å²) in [5.74, 6) is 0.770. The minimum atomic E-state index is -3.66. The quantitative estimate of drug-likeness (QED) is 0.774. The molecule has 2 aromatic rings. The summed E-state index contributed by atoms with van der Waals surface area (Å²) in [6.07, 6.45) is 0. The lowest BCUT2D eigenvalue weighted by Gasteiger charge is -2.15. The van der Waals surface area contributed by atoms with Gasteiger partial charge in [-0.25, -0.2) is 12.7 Å². The van der Waals surface area contributed by atoms with Crippen molar-refractivity contribution in [2.45, 2.75) is 4.90 Å². The molecule has 0 aliphatic rings. The predicted molar refractivity (Wildman–Crippen MR) is 101 cm³/mol. The Morgan fingerprint density at radius 2 is 1.52 bits per heavy atom. The molecule has 0 fully saturated rings. The molecule has 0 atom stereocenters. The van der Waals surface area contributed by atoms with Crippen LogP contribution >= 0.6 is 0 Å². The third kappa shape index (κ3) is 4.50. The zero-order chi connectivity index (χ0) is 20.2. The monoisotopic (exact) mass is 394 g/mol. The molecule has 0 aliphatic heterocycles. The van der Waals surface area contributed by atoms with Crippen LogP contribution in [0.2, 0.25) is 0 Å². The smallest absolute Gasteiger partial charge is 0.256 e. The number of anilines is 1. The molecular weight excluding hydrogens is 372 g/mol. The second-order valence-electron chi connectivity index (χ2n) is 5.70. The third-order valence-electron chi connectivity index (χ3n) is 3.81. The summed E-state index contributed by atoms with van der Waals surface area (Å²) < 4.78 is 41.3. The number of sulfonamides is 1. The SMILES string of the molecule is COc1cc(OC)cc(C(=O)Nc2cc(S(=O)(=O)N(C)C)ccc2OC)c1.